The van der Waals surface area contributed by atoms with Gasteiger partial charge in [-0.3, -0.25) is 0 Å². The summed E-state index contributed by atoms with van der Waals surface area (Å²) < 4.78 is 44.9. The molecule has 1 aromatic heterocycles. The predicted molar refractivity (Wildman–Crippen MR) is 54.9 cm³/mol. The van der Waals surface area contributed by atoms with Crippen molar-refractivity contribution in [1.82, 2.24) is 15.5 Å². The second-order valence-corrected chi connectivity index (χ2v) is 4.12. The van der Waals surface area contributed by atoms with E-state index in [2.05, 4.69) is 20.2 Å². The molecule has 1 aliphatic rings. The third-order valence-electron chi connectivity index (χ3n) is 2.58. The molecule has 0 aliphatic carbocycles. The zero-order valence-corrected chi connectivity index (χ0v) is 9.66. The first-order chi connectivity index (χ1) is 8.54. The molecule has 0 amide bonds. The van der Waals surface area contributed by atoms with Gasteiger partial charge in [0.15, 0.2) is 5.82 Å². The van der Waals surface area contributed by atoms with E-state index < -0.39 is 12.8 Å². The van der Waals surface area contributed by atoms with Crippen LogP contribution in [0.25, 0.3) is 0 Å². The fraction of sp³-hybridized carbons (Fsp3) is 0.800. The highest BCUT2D eigenvalue weighted by atomic mass is 19.4. The molecule has 0 spiro atoms. The highest BCUT2D eigenvalue weighted by Gasteiger charge is 2.27. The molecular weight excluding hydrogens is 251 g/mol. The minimum absolute atomic E-state index is 0.0716. The van der Waals surface area contributed by atoms with Gasteiger partial charge < -0.3 is 14.6 Å². The molecule has 1 N–H and O–H groups in total. The van der Waals surface area contributed by atoms with Crippen molar-refractivity contribution >= 4 is 0 Å². The van der Waals surface area contributed by atoms with E-state index in [1.54, 1.807) is 0 Å². The van der Waals surface area contributed by atoms with Gasteiger partial charge >= 0.3 is 6.18 Å². The third kappa shape index (κ3) is 3.95. The molecule has 0 bridgehead atoms. The Kier molecular flexibility index (Phi) is 4.18. The Morgan fingerprint density at radius 1 is 1.44 bits per heavy atom. The van der Waals surface area contributed by atoms with Crippen molar-refractivity contribution in [3.05, 3.63) is 11.7 Å². The van der Waals surface area contributed by atoms with Gasteiger partial charge in [0, 0.05) is 6.42 Å². The van der Waals surface area contributed by atoms with Crippen LogP contribution >= 0.6 is 0 Å². The summed E-state index contributed by atoms with van der Waals surface area (Å²) in [5, 5.41) is 6.90. The van der Waals surface area contributed by atoms with Crippen LogP contribution in [0.15, 0.2) is 4.52 Å². The fourth-order valence-electron chi connectivity index (χ4n) is 1.76. The largest absolute Gasteiger partial charge is 0.411 e. The van der Waals surface area contributed by atoms with E-state index in [4.69, 9.17) is 4.52 Å². The predicted octanol–water partition coefficient (Wildman–Crippen LogP) is 1.62. The van der Waals surface area contributed by atoms with Gasteiger partial charge in [0.2, 0.25) is 5.89 Å². The van der Waals surface area contributed by atoms with E-state index in [1.165, 1.54) is 0 Å². The molecule has 0 aromatic carbocycles. The average molecular weight is 265 g/mol. The van der Waals surface area contributed by atoms with Crippen LogP contribution in [-0.2, 0) is 11.2 Å². The van der Waals surface area contributed by atoms with Gasteiger partial charge in [-0.2, -0.15) is 18.2 Å². The lowest BCUT2D eigenvalue weighted by Gasteiger charge is -2.05. The van der Waals surface area contributed by atoms with E-state index in [1.807, 2.05) is 0 Å². The Labute approximate surface area is 102 Å². The Hall–Kier alpha value is -1.15. The van der Waals surface area contributed by atoms with Crippen LogP contribution in [0.3, 0.4) is 0 Å². The Morgan fingerprint density at radius 2 is 2.28 bits per heavy atom. The van der Waals surface area contributed by atoms with E-state index in [9.17, 15) is 13.2 Å². The van der Waals surface area contributed by atoms with Crippen LogP contribution in [0.5, 0.6) is 0 Å². The topological polar surface area (TPSA) is 60.2 Å². The number of hydrogen-bond donors (Lipinski definition) is 1. The summed E-state index contributed by atoms with van der Waals surface area (Å²) in [4.78, 5) is 4.12. The normalized spacial score (nSPS) is 20.5. The van der Waals surface area contributed by atoms with Crippen molar-refractivity contribution in [2.45, 2.75) is 31.5 Å². The number of nitrogens with zero attached hydrogens (tertiary/aromatic N) is 2. The minimum atomic E-state index is -4.30. The van der Waals surface area contributed by atoms with Crippen LogP contribution in [0.1, 0.15) is 30.6 Å². The minimum Gasteiger partial charge on any atom is -0.372 e. The van der Waals surface area contributed by atoms with E-state index >= 15 is 0 Å². The van der Waals surface area contributed by atoms with Crippen LogP contribution in [0.2, 0.25) is 0 Å². The van der Waals surface area contributed by atoms with E-state index in [-0.39, 0.29) is 19.1 Å². The molecule has 1 atom stereocenters. The van der Waals surface area contributed by atoms with Gasteiger partial charge in [0.25, 0.3) is 0 Å². The maximum absolute atomic E-state index is 11.8. The molecule has 102 valence electrons. The highest BCUT2D eigenvalue weighted by Crippen LogP contribution is 2.21. The zero-order valence-electron chi connectivity index (χ0n) is 9.66. The van der Waals surface area contributed by atoms with E-state index in [0.717, 1.165) is 19.4 Å². The maximum Gasteiger partial charge on any atom is 0.411 e. The first kappa shape index (κ1) is 13.3. The third-order valence-corrected chi connectivity index (χ3v) is 2.58. The number of rotatable bonds is 5. The maximum atomic E-state index is 11.8. The molecule has 0 saturated carbocycles. The van der Waals surface area contributed by atoms with Crippen LogP contribution < -0.4 is 5.32 Å². The first-order valence-corrected chi connectivity index (χ1v) is 5.75. The molecular formula is C10H14F3N3O2. The van der Waals surface area contributed by atoms with Crippen molar-refractivity contribution in [3.8, 4) is 0 Å². The Bertz CT molecular complexity index is 375. The molecule has 0 radical (unpaired) electrons. The molecule has 5 nitrogen and oxygen atoms in total. The molecule has 8 heteroatoms. The summed E-state index contributed by atoms with van der Waals surface area (Å²) in [6, 6.07) is 0.0716. The quantitative estimate of drug-likeness (QED) is 0.820. The SMILES string of the molecule is FC(F)(F)COCCc1noc(C2CCCN2)n1. The summed E-state index contributed by atoms with van der Waals surface area (Å²) in [7, 11) is 0. The van der Waals surface area contributed by atoms with Gasteiger partial charge in [-0.25, -0.2) is 0 Å². The molecule has 1 saturated heterocycles. The average Bonchev–Trinajstić information content (AvgIpc) is 2.93. The lowest BCUT2D eigenvalue weighted by Crippen LogP contribution is -2.18. The summed E-state index contributed by atoms with van der Waals surface area (Å²) in [6.45, 7) is -0.407. The van der Waals surface area contributed by atoms with Gasteiger partial charge in [-0.15, -0.1) is 0 Å². The number of hydrogen-bond acceptors (Lipinski definition) is 5. The number of ether oxygens (including phenoxy) is 1. The molecule has 2 rings (SSSR count). The molecule has 18 heavy (non-hydrogen) atoms. The molecule has 1 unspecified atom stereocenters. The number of nitrogens with one attached hydrogen (secondary N) is 1. The van der Waals surface area contributed by atoms with E-state index in [0.29, 0.717) is 11.7 Å². The Balaban J connectivity index is 1.73. The lowest BCUT2D eigenvalue weighted by molar-refractivity contribution is -0.173. The second-order valence-electron chi connectivity index (χ2n) is 4.12. The lowest BCUT2D eigenvalue weighted by atomic mass is 10.2. The fourth-order valence-corrected chi connectivity index (χ4v) is 1.76. The van der Waals surface area contributed by atoms with Gasteiger partial charge in [0.05, 0.1) is 12.6 Å². The summed E-state index contributed by atoms with van der Waals surface area (Å²) >= 11 is 0. The van der Waals surface area contributed by atoms with Crippen molar-refractivity contribution < 1.29 is 22.4 Å². The number of alkyl halides is 3. The van der Waals surface area contributed by atoms with Crippen molar-refractivity contribution in [1.29, 1.82) is 0 Å². The first-order valence-electron chi connectivity index (χ1n) is 5.75. The van der Waals surface area contributed by atoms with Crippen LogP contribution in [0.4, 0.5) is 13.2 Å². The molecule has 2 heterocycles. The monoisotopic (exact) mass is 265 g/mol. The van der Waals surface area contributed by atoms with Crippen molar-refractivity contribution in [3.63, 3.8) is 0 Å². The van der Waals surface area contributed by atoms with Crippen LogP contribution in [0, 0.1) is 0 Å². The molecule has 1 aliphatic heterocycles. The van der Waals surface area contributed by atoms with Gasteiger partial charge in [-0.1, -0.05) is 5.16 Å². The summed E-state index contributed by atoms with van der Waals surface area (Å²) in [6.07, 6.45) is -2.09. The van der Waals surface area contributed by atoms with Crippen LogP contribution in [-0.4, -0.2) is 36.1 Å². The number of halogens is 3. The van der Waals surface area contributed by atoms with Crippen molar-refractivity contribution in [2.24, 2.45) is 0 Å². The standard InChI is InChI=1S/C10H14F3N3O2/c11-10(12,13)6-17-5-3-8-15-9(18-16-8)7-2-1-4-14-7/h7,14H,1-6H2. The smallest absolute Gasteiger partial charge is 0.372 e. The molecule has 1 aromatic rings. The van der Waals surface area contributed by atoms with Crippen molar-refractivity contribution in [2.75, 3.05) is 19.8 Å². The number of aromatic nitrogens is 2. The van der Waals surface area contributed by atoms with Gasteiger partial charge in [0.1, 0.15) is 6.61 Å². The molecule has 1 fully saturated rings. The summed E-state index contributed by atoms with van der Waals surface area (Å²) in [5.41, 5.74) is 0. The Morgan fingerprint density at radius 3 is 2.94 bits per heavy atom. The zero-order chi connectivity index (χ0) is 13.0. The second kappa shape index (κ2) is 5.66. The van der Waals surface area contributed by atoms with Gasteiger partial charge in [-0.05, 0) is 19.4 Å². The summed E-state index contributed by atoms with van der Waals surface area (Å²) in [5.74, 6) is 0.874. The highest BCUT2D eigenvalue weighted by molar-refractivity contribution is 4.95.